The predicted octanol–water partition coefficient (Wildman–Crippen LogP) is 3.97. The Hall–Kier alpha value is 1.69. The second-order valence-electron chi connectivity index (χ2n) is 1.82. The number of phenolic OH excluding ortho intramolecular Hbond substituents is 1. The van der Waals surface area contributed by atoms with Crippen molar-refractivity contribution in [2.24, 2.45) is 0 Å². The van der Waals surface area contributed by atoms with Gasteiger partial charge in [-0.15, -0.1) is 0 Å². The summed E-state index contributed by atoms with van der Waals surface area (Å²) in [5.41, 5.74) is 0. The molecule has 5 heteroatoms. The fourth-order valence-electron chi connectivity index (χ4n) is 0.557. The maximum absolute atomic E-state index is 9.46. The van der Waals surface area contributed by atoms with Crippen molar-refractivity contribution in [1.29, 1.82) is 0 Å². The number of halogens is 4. The maximum atomic E-state index is 9.46. The van der Waals surface area contributed by atoms with E-state index in [4.69, 9.17) is 0 Å². The number of aromatic hydroxyl groups is 1. The van der Waals surface area contributed by atoms with Crippen LogP contribution < -0.4 is 0 Å². The van der Waals surface area contributed by atoms with E-state index < -0.39 is 0 Å². The van der Waals surface area contributed by atoms with Gasteiger partial charge in [0.15, 0.2) is 0 Å². The van der Waals surface area contributed by atoms with E-state index in [1.54, 1.807) is 0 Å². The lowest BCUT2D eigenvalue weighted by Crippen LogP contribution is -1.85. The highest BCUT2D eigenvalue weighted by molar-refractivity contribution is 14.1. The molecule has 11 heavy (non-hydrogen) atoms. The van der Waals surface area contributed by atoms with Crippen LogP contribution in [0, 0.1) is 10.7 Å². The highest BCUT2D eigenvalue weighted by Gasteiger charge is 2.09. The first kappa shape index (κ1) is 10.8. The SMILES string of the molecule is Oc1c(I)cc(I)c(Br)c1I. The molecule has 0 aliphatic rings. The quantitative estimate of drug-likeness (QED) is 0.295. The number of hydrogen-bond donors (Lipinski definition) is 1. The molecule has 1 N–H and O–H groups in total. The Morgan fingerprint density at radius 1 is 1.18 bits per heavy atom. The Labute approximate surface area is 114 Å². The summed E-state index contributed by atoms with van der Waals surface area (Å²) in [6.45, 7) is 0. The average Bonchev–Trinajstić information content (AvgIpc) is 1.97. The summed E-state index contributed by atoms with van der Waals surface area (Å²) in [4.78, 5) is 0. The van der Waals surface area contributed by atoms with Gasteiger partial charge in [-0.2, -0.15) is 0 Å². The van der Waals surface area contributed by atoms with Crippen molar-refractivity contribution in [2.45, 2.75) is 0 Å². The lowest BCUT2D eigenvalue weighted by atomic mass is 10.3. The molecule has 1 aromatic rings. The van der Waals surface area contributed by atoms with Crippen molar-refractivity contribution < 1.29 is 5.11 Å². The number of hydrogen-bond acceptors (Lipinski definition) is 1. The monoisotopic (exact) mass is 550 g/mol. The van der Waals surface area contributed by atoms with Crippen LogP contribution in [0.15, 0.2) is 10.5 Å². The maximum Gasteiger partial charge on any atom is 0.143 e. The van der Waals surface area contributed by atoms with Crippen molar-refractivity contribution in [3.63, 3.8) is 0 Å². The molecule has 1 nitrogen and oxygen atoms in total. The normalized spacial score (nSPS) is 10.2. The van der Waals surface area contributed by atoms with Gasteiger partial charge >= 0.3 is 0 Å². The van der Waals surface area contributed by atoms with Crippen LogP contribution in [0.2, 0.25) is 0 Å². The van der Waals surface area contributed by atoms with Gasteiger partial charge in [0, 0.05) is 8.04 Å². The summed E-state index contributed by atoms with van der Waals surface area (Å²) in [7, 11) is 0. The summed E-state index contributed by atoms with van der Waals surface area (Å²) in [6.07, 6.45) is 0. The molecule has 0 bridgehead atoms. The van der Waals surface area contributed by atoms with Gasteiger partial charge in [0.25, 0.3) is 0 Å². The summed E-state index contributed by atoms with van der Waals surface area (Å²) in [6, 6.07) is 1.93. The first-order valence-electron chi connectivity index (χ1n) is 2.56. The number of rotatable bonds is 0. The van der Waals surface area contributed by atoms with E-state index in [2.05, 4.69) is 83.7 Å². The van der Waals surface area contributed by atoms with E-state index in [-0.39, 0.29) is 0 Å². The van der Waals surface area contributed by atoms with Gasteiger partial charge < -0.3 is 5.11 Å². The van der Waals surface area contributed by atoms with Crippen LogP contribution >= 0.6 is 83.7 Å². The molecule has 0 heterocycles. The summed E-state index contributed by atoms with van der Waals surface area (Å²) in [5.74, 6) is 0.360. The minimum Gasteiger partial charge on any atom is -0.506 e. The Balaban J connectivity index is 3.46. The molecular weight excluding hydrogens is 549 g/mol. The van der Waals surface area contributed by atoms with Gasteiger partial charge in [-0.3, -0.25) is 0 Å². The smallest absolute Gasteiger partial charge is 0.143 e. The zero-order valence-electron chi connectivity index (χ0n) is 5.04. The van der Waals surface area contributed by atoms with Crippen LogP contribution in [0.4, 0.5) is 0 Å². The molecular formula is C6H2BrI3O. The van der Waals surface area contributed by atoms with Gasteiger partial charge in [-0.25, -0.2) is 0 Å². The van der Waals surface area contributed by atoms with Crippen molar-refractivity contribution in [1.82, 2.24) is 0 Å². The average molecular weight is 551 g/mol. The molecule has 0 saturated carbocycles. The van der Waals surface area contributed by atoms with Gasteiger partial charge in [0.2, 0.25) is 0 Å². The molecule has 0 spiro atoms. The molecule has 0 unspecified atom stereocenters. The van der Waals surface area contributed by atoms with Crippen LogP contribution in [-0.2, 0) is 0 Å². The molecule has 60 valence electrons. The van der Waals surface area contributed by atoms with E-state index >= 15 is 0 Å². The Bertz CT molecular complexity index is 274. The van der Waals surface area contributed by atoms with Crippen molar-refractivity contribution >= 4 is 83.7 Å². The standard InChI is InChI=1S/C6H2BrI3O/c7-4-2(8)1-3(9)6(11)5(4)10/h1,11H. The van der Waals surface area contributed by atoms with Gasteiger partial charge in [0.05, 0.1) is 7.14 Å². The zero-order valence-corrected chi connectivity index (χ0v) is 13.1. The topological polar surface area (TPSA) is 20.2 Å². The minimum atomic E-state index is 0.360. The second-order valence-corrected chi connectivity index (χ2v) is 6.01. The molecule has 0 radical (unpaired) electrons. The minimum absolute atomic E-state index is 0.360. The van der Waals surface area contributed by atoms with Crippen LogP contribution in [0.5, 0.6) is 5.75 Å². The van der Waals surface area contributed by atoms with Crippen molar-refractivity contribution in [2.75, 3.05) is 0 Å². The molecule has 0 amide bonds. The molecule has 0 aliphatic carbocycles. The lowest BCUT2D eigenvalue weighted by Gasteiger charge is -2.04. The van der Waals surface area contributed by atoms with E-state index in [1.165, 1.54) is 0 Å². The molecule has 0 aromatic heterocycles. The number of phenols is 1. The summed E-state index contributed by atoms with van der Waals surface area (Å²) >= 11 is 9.84. The van der Waals surface area contributed by atoms with E-state index in [0.717, 1.165) is 15.2 Å². The van der Waals surface area contributed by atoms with E-state index in [9.17, 15) is 5.11 Å². The predicted molar refractivity (Wildman–Crippen MR) is 74.0 cm³/mol. The fraction of sp³-hybridized carbons (Fsp3) is 0. The molecule has 1 rings (SSSR count). The van der Waals surface area contributed by atoms with Gasteiger partial charge in [-0.05, 0) is 89.8 Å². The van der Waals surface area contributed by atoms with Crippen LogP contribution in [0.3, 0.4) is 0 Å². The largest absolute Gasteiger partial charge is 0.506 e. The molecule has 0 fully saturated rings. The van der Waals surface area contributed by atoms with Gasteiger partial charge in [-0.1, -0.05) is 0 Å². The highest BCUT2D eigenvalue weighted by Crippen LogP contribution is 2.35. The van der Waals surface area contributed by atoms with E-state index in [1.807, 2.05) is 6.07 Å². The first-order valence-corrected chi connectivity index (χ1v) is 6.59. The van der Waals surface area contributed by atoms with Gasteiger partial charge in [0.1, 0.15) is 5.75 Å². The number of benzene rings is 1. The second kappa shape index (κ2) is 4.27. The molecule has 0 atom stereocenters. The van der Waals surface area contributed by atoms with Crippen LogP contribution in [-0.4, -0.2) is 5.11 Å². The Morgan fingerprint density at radius 2 is 1.73 bits per heavy atom. The zero-order chi connectivity index (χ0) is 8.59. The summed E-state index contributed by atoms with van der Waals surface area (Å²) in [5, 5.41) is 9.46. The van der Waals surface area contributed by atoms with Crippen molar-refractivity contribution in [3.05, 3.63) is 21.2 Å². The summed E-state index contributed by atoms with van der Waals surface area (Å²) < 4.78 is 3.85. The molecule has 0 aliphatic heterocycles. The fourth-order valence-corrected chi connectivity index (χ4v) is 4.23. The van der Waals surface area contributed by atoms with Crippen LogP contribution in [0.1, 0.15) is 0 Å². The third kappa shape index (κ3) is 2.33. The van der Waals surface area contributed by atoms with Crippen LogP contribution in [0.25, 0.3) is 0 Å². The van der Waals surface area contributed by atoms with Crippen molar-refractivity contribution in [3.8, 4) is 5.75 Å². The lowest BCUT2D eigenvalue weighted by molar-refractivity contribution is 0.467. The first-order chi connectivity index (χ1) is 5.04. The Morgan fingerprint density at radius 3 is 2.27 bits per heavy atom. The third-order valence-corrected chi connectivity index (χ3v) is 6.12. The highest BCUT2D eigenvalue weighted by atomic mass is 127. The molecule has 0 saturated heterocycles. The third-order valence-electron chi connectivity index (χ3n) is 1.09. The Kier molecular flexibility index (Phi) is 4.18. The molecule has 1 aromatic carbocycles. The van der Waals surface area contributed by atoms with E-state index in [0.29, 0.717) is 5.75 Å².